The highest BCUT2D eigenvalue weighted by atomic mass is 35.5. The van der Waals surface area contributed by atoms with Gasteiger partial charge in [0.2, 0.25) is 5.91 Å². The minimum absolute atomic E-state index is 0.0105. The normalized spacial score (nSPS) is 10.5. The molecule has 0 saturated carbocycles. The van der Waals surface area contributed by atoms with Crippen molar-refractivity contribution in [1.29, 1.82) is 0 Å². The molecule has 0 atom stereocenters. The van der Waals surface area contributed by atoms with Gasteiger partial charge in [0.05, 0.1) is 12.0 Å². The Balaban J connectivity index is 2.08. The zero-order valence-corrected chi connectivity index (χ0v) is 16.0. The topological polar surface area (TPSA) is 91.3 Å². The molecule has 27 heavy (non-hydrogen) atoms. The number of phenolic OH excluding ortho intramolecular Hbond substituents is 1. The van der Waals surface area contributed by atoms with Gasteiger partial charge in [-0.05, 0) is 51.1 Å². The Labute approximate surface area is 163 Å². The third kappa shape index (κ3) is 6.01. The lowest BCUT2D eigenvalue weighted by Gasteiger charge is -2.19. The summed E-state index contributed by atoms with van der Waals surface area (Å²) in [6.45, 7) is 5.26. The summed E-state index contributed by atoms with van der Waals surface area (Å²) < 4.78 is 0. The smallest absolute Gasteiger partial charge is 0.271 e. The molecule has 2 amide bonds. The minimum atomic E-state index is -0.698. The van der Waals surface area contributed by atoms with Gasteiger partial charge in [-0.1, -0.05) is 17.5 Å². The second-order valence-electron chi connectivity index (χ2n) is 6.38. The standard InChI is InChI=1S/C20H20ClN3O3/c1-4-8-20(2,3)24-19(27)16-12-15(7-9-22-16)23-18(26)11-13-10-14(21)5-6-17(13)25/h5-7,9-10,12,25H,11H2,1-3H3,(H,24,27)(H,22,23,26). The van der Waals surface area contributed by atoms with Crippen molar-refractivity contribution in [3.8, 4) is 17.6 Å². The highest BCUT2D eigenvalue weighted by Crippen LogP contribution is 2.22. The first-order chi connectivity index (χ1) is 12.7. The van der Waals surface area contributed by atoms with E-state index in [2.05, 4.69) is 27.5 Å². The third-order valence-electron chi connectivity index (χ3n) is 3.53. The number of aromatic nitrogens is 1. The largest absolute Gasteiger partial charge is 0.508 e. The first-order valence-electron chi connectivity index (χ1n) is 8.20. The third-order valence-corrected chi connectivity index (χ3v) is 3.77. The summed E-state index contributed by atoms with van der Waals surface area (Å²) in [6, 6.07) is 7.54. The minimum Gasteiger partial charge on any atom is -0.508 e. The van der Waals surface area contributed by atoms with Crippen molar-refractivity contribution in [3.63, 3.8) is 0 Å². The quantitative estimate of drug-likeness (QED) is 0.689. The fraction of sp³-hybridized carbons (Fsp3) is 0.250. The molecule has 0 fully saturated rings. The average Bonchev–Trinajstić information content (AvgIpc) is 2.57. The zero-order valence-electron chi connectivity index (χ0n) is 15.3. The molecule has 0 bridgehead atoms. The van der Waals surface area contributed by atoms with Crippen LogP contribution in [0.15, 0.2) is 36.5 Å². The van der Waals surface area contributed by atoms with E-state index < -0.39 is 11.4 Å². The maximum Gasteiger partial charge on any atom is 0.271 e. The van der Waals surface area contributed by atoms with Crippen LogP contribution < -0.4 is 10.6 Å². The van der Waals surface area contributed by atoms with Crippen molar-refractivity contribution < 1.29 is 14.7 Å². The van der Waals surface area contributed by atoms with Crippen LogP contribution in [0.25, 0.3) is 0 Å². The maximum absolute atomic E-state index is 12.3. The van der Waals surface area contributed by atoms with Crippen LogP contribution >= 0.6 is 11.6 Å². The summed E-state index contributed by atoms with van der Waals surface area (Å²) in [6.07, 6.45) is 1.37. The Morgan fingerprint density at radius 3 is 2.70 bits per heavy atom. The van der Waals surface area contributed by atoms with Crippen LogP contribution in [0.2, 0.25) is 5.02 Å². The summed E-state index contributed by atoms with van der Waals surface area (Å²) in [5.74, 6) is 4.89. The van der Waals surface area contributed by atoms with Crippen LogP contribution in [0, 0.1) is 11.8 Å². The molecule has 0 spiro atoms. The molecule has 0 radical (unpaired) electrons. The molecule has 0 unspecified atom stereocenters. The highest BCUT2D eigenvalue weighted by Gasteiger charge is 2.19. The van der Waals surface area contributed by atoms with Gasteiger partial charge >= 0.3 is 0 Å². The predicted molar refractivity (Wildman–Crippen MR) is 105 cm³/mol. The molecule has 3 N–H and O–H groups in total. The summed E-state index contributed by atoms with van der Waals surface area (Å²) >= 11 is 5.89. The number of hydrogen-bond donors (Lipinski definition) is 3. The van der Waals surface area contributed by atoms with Crippen LogP contribution in [-0.2, 0) is 11.2 Å². The number of phenols is 1. The molecule has 0 aliphatic rings. The maximum atomic E-state index is 12.3. The molecule has 2 rings (SSSR count). The van der Waals surface area contributed by atoms with E-state index in [-0.39, 0.29) is 23.8 Å². The van der Waals surface area contributed by atoms with E-state index in [1.807, 2.05) is 0 Å². The summed E-state index contributed by atoms with van der Waals surface area (Å²) in [4.78, 5) is 28.6. The summed E-state index contributed by atoms with van der Waals surface area (Å²) in [7, 11) is 0. The molecule has 140 valence electrons. The zero-order chi connectivity index (χ0) is 20.0. The van der Waals surface area contributed by atoms with Crippen molar-refractivity contribution in [2.45, 2.75) is 32.7 Å². The van der Waals surface area contributed by atoms with E-state index in [9.17, 15) is 14.7 Å². The summed E-state index contributed by atoms with van der Waals surface area (Å²) in [5, 5.41) is 15.7. The van der Waals surface area contributed by atoms with E-state index in [0.717, 1.165) is 0 Å². The van der Waals surface area contributed by atoms with E-state index in [0.29, 0.717) is 16.3 Å². The fourth-order valence-corrected chi connectivity index (χ4v) is 2.59. The molecular weight excluding hydrogens is 366 g/mol. The van der Waals surface area contributed by atoms with Gasteiger partial charge in [0.15, 0.2) is 0 Å². The van der Waals surface area contributed by atoms with Crippen LogP contribution in [-0.4, -0.2) is 27.4 Å². The number of anilines is 1. The second-order valence-corrected chi connectivity index (χ2v) is 6.82. The number of carbonyl (C=O) groups excluding carboxylic acids is 2. The van der Waals surface area contributed by atoms with Gasteiger partial charge in [-0.25, -0.2) is 0 Å². The van der Waals surface area contributed by atoms with Crippen LogP contribution in [0.1, 0.15) is 36.8 Å². The average molecular weight is 386 g/mol. The van der Waals surface area contributed by atoms with Crippen molar-refractivity contribution in [2.75, 3.05) is 5.32 Å². The molecule has 0 aliphatic carbocycles. The molecule has 0 aliphatic heterocycles. The van der Waals surface area contributed by atoms with Crippen molar-refractivity contribution in [1.82, 2.24) is 10.3 Å². The number of halogens is 1. The Kier molecular flexibility index (Phi) is 6.43. The first-order valence-corrected chi connectivity index (χ1v) is 8.58. The molecule has 6 nitrogen and oxygen atoms in total. The van der Waals surface area contributed by atoms with Gasteiger partial charge in [-0.3, -0.25) is 14.6 Å². The Morgan fingerprint density at radius 1 is 1.26 bits per heavy atom. The van der Waals surface area contributed by atoms with E-state index >= 15 is 0 Å². The molecule has 2 aromatic rings. The molecule has 7 heteroatoms. The lowest BCUT2D eigenvalue weighted by molar-refractivity contribution is -0.115. The molecule has 1 aromatic carbocycles. The number of aromatic hydroxyl groups is 1. The van der Waals surface area contributed by atoms with Gasteiger partial charge in [-0.15, -0.1) is 5.92 Å². The number of nitrogens with one attached hydrogen (secondary N) is 2. The number of rotatable bonds is 5. The second kappa shape index (κ2) is 8.56. The summed E-state index contributed by atoms with van der Waals surface area (Å²) in [5.41, 5.74) is 0.286. The van der Waals surface area contributed by atoms with E-state index in [1.54, 1.807) is 26.8 Å². The van der Waals surface area contributed by atoms with Crippen LogP contribution in [0.5, 0.6) is 5.75 Å². The van der Waals surface area contributed by atoms with Gasteiger partial charge in [0.1, 0.15) is 11.4 Å². The Hall–Kier alpha value is -3.04. The van der Waals surface area contributed by atoms with Gasteiger partial charge in [0, 0.05) is 22.5 Å². The number of nitrogens with zero attached hydrogens (tertiary/aromatic N) is 1. The lowest BCUT2D eigenvalue weighted by atomic mass is 10.1. The number of carbonyl (C=O) groups is 2. The SMILES string of the molecule is CC#CC(C)(C)NC(=O)c1cc(NC(=O)Cc2cc(Cl)ccc2O)ccn1. The Morgan fingerprint density at radius 2 is 2.00 bits per heavy atom. The van der Waals surface area contributed by atoms with E-state index in [1.165, 1.54) is 30.5 Å². The number of pyridine rings is 1. The number of amides is 2. The van der Waals surface area contributed by atoms with Gasteiger partial charge in [0.25, 0.3) is 5.91 Å². The van der Waals surface area contributed by atoms with Crippen LogP contribution in [0.4, 0.5) is 5.69 Å². The lowest BCUT2D eigenvalue weighted by Crippen LogP contribution is -2.42. The number of hydrogen-bond acceptors (Lipinski definition) is 4. The fourth-order valence-electron chi connectivity index (χ4n) is 2.40. The van der Waals surface area contributed by atoms with Crippen LogP contribution in [0.3, 0.4) is 0 Å². The van der Waals surface area contributed by atoms with Crippen molar-refractivity contribution in [2.24, 2.45) is 0 Å². The van der Waals surface area contributed by atoms with Gasteiger partial charge < -0.3 is 15.7 Å². The van der Waals surface area contributed by atoms with Crippen molar-refractivity contribution >= 4 is 29.1 Å². The highest BCUT2D eigenvalue weighted by molar-refractivity contribution is 6.30. The Bertz CT molecular complexity index is 930. The van der Waals surface area contributed by atoms with Crippen molar-refractivity contribution in [3.05, 3.63) is 52.8 Å². The monoisotopic (exact) mass is 385 g/mol. The first kappa shape index (κ1) is 20.3. The van der Waals surface area contributed by atoms with E-state index in [4.69, 9.17) is 11.6 Å². The molecule has 0 saturated heterocycles. The predicted octanol–water partition coefficient (Wildman–Crippen LogP) is 3.15. The molecule has 1 heterocycles. The molecular formula is C20H20ClN3O3. The van der Waals surface area contributed by atoms with Gasteiger partial charge in [-0.2, -0.15) is 0 Å². The number of benzene rings is 1. The molecule has 1 aromatic heterocycles.